The lowest BCUT2D eigenvalue weighted by atomic mass is 9.85. The van der Waals surface area contributed by atoms with Gasteiger partial charge in [-0.2, -0.15) is 0 Å². The topological polar surface area (TPSA) is 0 Å². The normalized spacial score (nSPS) is 19.5. The van der Waals surface area contributed by atoms with E-state index in [1.54, 1.807) is 0 Å². The molecule has 0 amide bonds. The van der Waals surface area contributed by atoms with Crippen LogP contribution in [0.25, 0.3) is 22.3 Å². The Bertz CT molecular complexity index is 880. The summed E-state index contributed by atoms with van der Waals surface area (Å²) in [6.45, 7) is 4.43. The number of benzene rings is 3. The Morgan fingerprint density at radius 1 is 0.577 bits per heavy atom. The highest BCUT2D eigenvalue weighted by Gasteiger charge is 2.14. The molecule has 130 valence electrons. The van der Waals surface area contributed by atoms with Crippen molar-refractivity contribution in [3.8, 4) is 22.3 Å². The molecule has 0 spiro atoms. The van der Waals surface area contributed by atoms with Gasteiger partial charge in [0.2, 0.25) is 0 Å². The average Bonchev–Trinajstić information content (AvgIpc) is 2.70. The maximum absolute atomic E-state index is 2.39. The zero-order valence-corrected chi connectivity index (χ0v) is 15.7. The SMILES string of the molecule is Cc1ccc(-c2ccc(-c3ccc(C4C=CC(C)CC4)cc3)cc2)cc1. The highest BCUT2D eigenvalue weighted by atomic mass is 14.2. The van der Waals surface area contributed by atoms with Crippen molar-refractivity contribution in [3.05, 3.63) is 96.1 Å². The van der Waals surface area contributed by atoms with Crippen LogP contribution in [0.1, 0.15) is 36.8 Å². The highest BCUT2D eigenvalue weighted by Crippen LogP contribution is 2.32. The minimum atomic E-state index is 0.587. The van der Waals surface area contributed by atoms with E-state index in [9.17, 15) is 0 Å². The van der Waals surface area contributed by atoms with Gasteiger partial charge in [0.05, 0.1) is 0 Å². The van der Waals surface area contributed by atoms with Gasteiger partial charge in [-0.3, -0.25) is 0 Å². The van der Waals surface area contributed by atoms with E-state index in [1.807, 2.05) is 0 Å². The van der Waals surface area contributed by atoms with Crippen LogP contribution in [-0.4, -0.2) is 0 Å². The molecule has 3 aromatic rings. The van der Waals surface area contributed by atoms with Gasteiger partial charge in [-0.15, -0.1) is 0 Å². The van der Waals surface area contributed by atoms with E-state index in [1.165, 1.54) is 46.2 Å². The van der Waals surface area contributed by atoms with Crippen molar-refractivity contribution in [2.45, 2.75) is 32.6 Å². The van der Waals surface area contributed by atoms with E-state index in [0.29, 0.717) is 5.92 Å². The molecule has 0 radical (unpaired) electrons. The standard InChI is InChI=1S/C26H26/c1-19-3-7-21(8-4-19)23-11-15-25(16-12-23)26-17-13-24(14-18-26)22-9-5-20(2)6-10-22/h3-5,7-9,11-18,20,22H,6,10H2,1-2H3. The molecule has 2 atom stereocenters. The first kappa shape index (κ1) is 16.8. The van der Waals surface area contributed by atoms with Gasteiger partial charge in [-0.1, -0.05) is 97.4 Å². The predicted octanol–water partition coefficient (Wildman–Crippen LogP) is 7.40. The highest BCUT2D eigenvalue weighted by molar-refractivity contribution is 5.70. The van der Waals surface area contributed by atoms with Gasteiger partial charge >= 0.3 is 0 Å². The van der Waals surface area contributed by atoms with Gasteiger partial charge in [-0.25, -0.2) is 0 Å². The van der Waals surface area contributed by atoms with Crippen LogP contribution in [0, 0.1) is 12.8 Å². The van der Waals surface area contributed by atoms with E-state index in [-0.39, 0.29) is 0 Å². The molecule has 0 bridgehead atoms. The Kier molecular flexibility index (Phi) is 4.75. The van der Waals surface area contributed by atoms with Gasteiger partial charge in [0.25, 0.3) is 0 Å². The van der Waals surface area contributed by atoms with Gasteiger partial charge < -0.3 is 0 Å². The van der Waals surface area contributed by atoms with Crippen LogP contribution < -0.4 is 0 Å². The lowest BCUT2D eigenvalue weighted by Gasteiger charge is -2.20. The first-order valence-electron chi connectivity index (χ1n) is 9.65. The summed E-state index contributed by atoms with van der Waals surface area (Å²) in [7, 11) is 0. The second-order valence-electron chi connectivity index (χ2n) is 7.61. The molecule has 1 aliphatic carbocycles. The first-order chi connectivity index (χ1) is 12.7. The number of rotatable bonds is 3. The smallest absolute Gasteiger partial charge is 0.00182 e. The van der Waals surface area contributed by atoms with Crippen LogP contribution in [0.2, 0.25) is 0 Å². The third-order valence-electron chi connectivity index (χ3n) is 5.55. The Hall–Kier alpha value is -2.60. The Labute approximate surface area is 157 Å². The molecule has 0 saturated carbocycles. The fourth-order valence-corrected chi connectivity index (χ4v) is 3.76. The van der Waals surface area contributed by atoms with E-state index in [4.69, 9.17) is 0 Å². The van der Waals surface area contributed by atoms with Gasteiger partial charge in [-0.05, 0) is 53.5 Å². The molecule has 3 aromatic carbocycles. The minimum Gasteiger partial charge on any atom is -0.0851 e. The second-order valence-corrected chi connectivity index (χ2v) is 7.61. The molecule has 0 heteroatoms. The molecule has 0 fully saturated rings. The van der Waals surface area contributed by atoms with Crippen molar-refractivity contribution in [2.75, 3.05) is 0 Å². The summed E-state index contributed by atoms with van der Waals surface area (Å²) in [5.74, 6) is 1.32. The molecule has 0 aromatic heterocycles. The number of aryl methyl sites for hydroxylation is 1. The van der Waals surface area contributed by atoms with E-state index in [2.05, 4.69) is 98.8 Å². The zero-order valence-electron chi connectivity index (χ0n) is 15.7. The maximum Gasteiger partial charge on any atom is 0.00182 e. The van der Waals surface area contributed by atoms with Crippen molar-refractivity contribution >= 4 is 0 Å². The van der Waals surface area contributed by atoms with Crippen molar-refractivity contribution < 1.29 is 0 Å². The molecule has 0 N–H and O–H groups in total. The van der Waals surface area contributed by atoms with Crippen molar-refractivity contribution in [1.29, 1.82) is 0 Å². The van der Waals surface area contributed by atoms with Crippen LogP contribution in [0.5, 0.6) is 0 Å². The molecule has 2 unspecified atom stereocenters. The zero-order chi connectivity index (χ0) is 17.9. The van der Waals surface area contributed by atoms with Gasteiger partial charge in [0.15, 0.2) is 0 Å². The molecule has 4 rings (SSSR count). The molecule has 0 saturated heterocycles. The van der Waals surface area contributed by atoms with Crippen molar-refractivity contribution in [2.24, 2.45) is 5.92 Å². The largest absolute Gasteiger partial charge is 0.0851 e. The van der Waals surface area contributed by atoms with Crippen molar-refractivity contribution in [3.63, 3.8) is 0 Å². The summed E-state index contributed by atoms with van der Waals surface area (Å²) in [5, 5.41) is 0. The van der Waals surface area contributed by atoms with Crippen LogP contribution in [0.3, 0.4) is 0 Å². The summed E-state index contributed by atoms with van der Waals surface area (Å²) < 4.78 is 0. The minimum absolute atomic E-state index is 0.587. The Morgan fingerprint density at radius 2 is 1.04 bits per heavy atom. The van der Waals surface area contributed by atoms with E-state index < -0.39 is 0 Å². The predicted molar refractivity (Wildman–Crippen MR) is 112 cm³/mol. The molecule has 1 aliphatic rings. The Morgan fingerprint density at radius 3 is 1.50 bits per heavy atom. The van der Waals surface area contributed by atoms with Crippen LogP contribution in [0.15, 0.2) is 84.9 Å². The number of hydrogen-bond donors (Lipinski definition) is 0. The lowest BCUT2D eigenvalue weighted by molar-refractivity contribution is 0.545. The van der Waals surface area contributed by atoms with Crippen LogP contribution >= 0.6 is 0 Å². The number of allylic oxidation sites excluding steroid dienone is 2. The van der Waals surface area contributed by atoms with Crippen molar-refractivity contribution in [1.82, 2.24) is 0 Å². The van der Waals surface area contributed by atoms with Crippen LogP contribution in [-0.2, 0) is 0 Å². The first-order valence-corrected chi connectivity index (χ1v) is 9.65. The van der Waals surface area contributed by atoms with Gasteiger partial charge in [0.1, 0.15) is 0 Å². The summed E-state index contributed by atoms with van der Waals surface area (Å²) in [5.41, 5.74) is 7.85. The summed E-state index contributed by atoms with van der Waals surface area (Å²) in [4.78, 5) is 0. The molecule has 0 aliphatic heterocycles. The lowest BCUT2D eigenvalue weighted by Crippen LogP contribution is -2.04. The summed E-state index contributed by atoms with van der Waals surface area (Å²) >= 11 is 0. The third-order valence-corrected chi connectivity index (χ3v) is 5.55. The fourth-order valence-electron chi connectivity index (χ4n) is 3.76. The van der Waals surface area contributed by atoms with Crippen LogP contribution in [0.4, 0.5) is 0 Å². The molecule has 26 heavy (non-hydrogen) atoms. The third kappa shape index (κ3) is 3.65. The number of hydrogen-bond acceptors (Lipinski definition) is 0. The summed E-state index contributed by atoms with van der Waals surface area (Å²) in [6, 6.07) is 26.8. The molecule has 0 heterocycles. The average molecular weight is 338 g/mol. The second kappa shape index (κ2) is 7.33. The molecular formula is C26H26. The molecular weight excluding hydrogens is 312 g/mol. The van der Waals surface area contributed by atoms with E-state index in [0.717, 1.165) is 5.92 Å². The monoisotopic (exact) mass is 338 g/mol. The maximum atomic E-state index is 2.39. The Balaban J connectivity index is 1.52. The summed E-state index contributed by atoms with van der Waals surface area (Å²) in [6.07, 6.45) is 7.32. The fraction of sp³-hybridized carbons (Fsp3) is 0.231. The quantitative estimate of drug-likeness (QED) is 0.436. The van der Waals surface area contributed by atoms with Gasteiger partial charge in [0, 0.05) is 5.92 Å². The van der Waals surface area contributed by atoms with E-state index >= 15 is 0 Å². The molecule has 0 nitrogen and oxygen atoms in total.